The zero-order chi connectivity index (χ0) is 17.1. The highest BCUT2D eigenvalue weighted by molar-refractivity contribution is 7.86. The van der Waals surface area contributed by atoms with Crippen molar-refractivity contribution in [3.8, 4) is 0 Å². The molecule has 0 bridgehead atoms. The number of ketones is 1. The van der Waals surface area contributed by atoms with E-state index in [9.17, 15) is 18.3 Å². The third-order valence-electron chi connectivity index (χ3n) is 3.38. The first-order valence-electron chi connectivity index (χ1n) is 7.01. The van der Waals surface area contributed by atoms with Crippen LogP contribution in [-0.4, -0.2) is 31.5 Å². The van der Waals surface area contributed by atoms with Gasteiger partial charge in [-0.05, 0) is 25.5 Å². The molecule has 1 N–H and O–H groups in total. The average Bonchev–Trinajstić information content (AvgIpc) is 2.53. The molecular formula is C17H18O5S. The Kier molecular flexibility index (Phi) is 4.99. The number of aryl methyl sites for hydroxylation is 1. The van der Waals surface area contributed by atoms with Crippen molar-refractivity contribution in [1.29, 1.82) is 0 Å². The fraction of sp³-hybridized carbons (Fsp3) is 0.235. The maximum Gasteiger partial charge on any atom is 0.297 e. The Morgan fingerprint density at radius 3 is 2.26 bits per heavy atom. The molecule has 0 radical (unpaired) electrons. The van der Waals surface area contributed by atoms with E-state index in [1.54, 1.807) is 55.5 Å². The van der Waals surface area contributed by atoms with E-state index in [1.807, 2.05) is 0 Å². The Morgan fingerprint density at radius 1 is 1.09 bits per heavy atom. The smallest absolute Gasteiger partial charge is 0.297 e. The zero-order valence-electron chi connectivity index (χ0n) is 12.9. The van der Waals surface area contributed by atoms with Crippen molar-refractivity contribution in [2.45, 2.75) is 24.3 Å². The topological polar surface area (TPSA) is 80.7 Å². The molecule has 0 heterocycles. The summed E-state index contributed by atoms with van der Waals surface area (Å²) in [5.74, 6) is -0.599. The molecule has 0 aromatic heterocycles. The van der Waals surface area contributed by atoms with Crippen LogP contribution in [0.5, 0.6) is 0 Å². The van der Waals surface area contributed by atoms with Crippen molar-refractivity contribution in [1.82, 2.24) is 0 Å². The van der Waals surface area contributed by atoms with Crippen molar-refractivity contribution in [3.05, 3.63) is 65.7 Å². The van der Waals surface area contributed by atoms with Gasteiger partial charge in [-0.2, -0.15) is 8.42 Å². The van der Waals surface area contributed by atoms with Crippen LogP contribution in [0.15, 0.2) is 59.5 Å². The lowest BCUT2D eigenvalue weighted by atomic mass is 9.96. The minimum absolute atomic E-state index is 0.0166. The quantitative estimate of drug-likeness (QED) is 0.648. The zero-order valence-corrected chi connectivity index (χ0v) is 13.7. The standard InChI is InChI=1S/C17H18O5S/c1-13-8-6-7-11-15(13)23(20,21)22-12-17(2,19)16(18)14-9-4-3-5-10-14/h3-11,19H,12H2,1-2H3. The molecule has 2 rings (SSSR count). The highest BCUT2D eigenvalue weighted by Crippen LogP contribution is 2.20. The van der Waals surface area contributed by atoms with E-state index in [2.05, 4.69) is 0 Å². The van der Waals surface area contributed by atoms with Crippen LogP contribution >= 0.6 is 0 Å². The molecule has 2 aromatic carbocycles. The summed E-state index contributed by atoms with van der Waals surface area (Å²) in [5.41, 5.74) is -1.13. The molecule has 23 heavy (non-hydrogen) atoms. The van der Waals surface area contributed by atoms with Crippen molar-refractivity contribution < 1.29 is 22.5 Å². The van der Waals surface area contributed by atoms with Crippen LogP contribution in [0.3, 0.4) is 0 Å². The third kappa shape index (κ3) is 4.04. The lowest BCUT2D eigenvalue weighted by Gasteiger charge is -2.21. The second-order valence-corrected chi connectivity index (χ2v) is 7.03. The second-order valence-electron chi connectivity index (χ2n) is 5.45. The predicted molar refractivity (Wildman–Crippen MR) is 85.7 cm³/mol. The molecule has 2 aromatic rings. The summed E-state index contributed by atoms with van der Waals surface area (Å²) in [5, 5.41) is 10.3. The normalized spacial score (nSPS) is 14.2. The van der Waals surface area contributed by atoms with Crippen molar-refractivity contribution in [2.75, 3.05) is 6.61 Å². The molecule has 0 saturated heterocycles. The van der Waals surface area contributed by atoms with Gasteiger partial charge in [-0.15, -0.1) is 0 Å². The van der Waals surface area contributed by atoms with Crippen LogP contribution < -0.4 is 0 Å². The molecule has 0 fully saturated rings. The second kappa shape index (κ2) is 6.62. The molecule has 0 aliphatic carbocycles. The Balaban J connectivity index is 2.16. The van der Waals surface area contributed by atoms with Crippen LogP contribution in [0.1, 0.15) is 22.8 Å². The number of benzene rings is 2. The van der Waals surface area contributed by atoms with Crippen LogP contribution in [0.4, 0.5) is 0 Å². The molecule has 0 aliphatic rings. The van der Waals surface area contributed by atoms with Gasteiger partial charge in [0.2, 0.25) is 0 Å². The first-order chi connectivity index (χ1) is 10.7. The number of rotatable bonds is 6. The Hall–Kier alpha value is -2.02. The molecular weight excluding hydrogens is 316 g/mol. The van der Waals surface area contributed by atoms with Gasteiger partial charge in [0, 0.05) is 5.56 Å². The first kappa shape index (κ1) is 17.3. The third-order valence-corrected chi connectivity index (χ3v) is 4.81. The molecule has 122 valence electrons. The van der Waals surface area contributed by atoms with E-state index in [1.165, 1.54) is 13.0 Å². The van der Waals surface area contributed by atoms with Gasteiger partial charge < -0.3 is 5.11 Å². The predicted octanol–water partition coefficient (Wildman–Crippen LogP) is 2.33. The van der Waals surface area contributed by atoms with Crippen LogP contribution in [0, 0.1) is 6.92 Å². The molecule has 1 unspecified atom stereocenters. The summed E-state index contributed by atoms with van der Waals surface area (Å²) in [6.45, 7) is 2.22. The number of aliphatic hydroxyl groups is 1. The maximum absolute atomic E-state index is 12.3. The van der Waals surface area contributed by atoms with E-state index in [0.717, 1.165) is 0 Å². The van der Waals surface area contributed by atoms with Gasteiger partial charge in [0.15, 0.2) is 5.78 Å². The molecule has 0 saturated carbocycles. The van der Waals surface area contributed by atoms with Gasteiger partial charge in [-0.25, -0.2) is 0 Å². The van der Waals surface area contributed by atoms with E-state index in [0.29, 0.717) is 5.56 Å². The molecule has 0 spiro atoms. The summed E-state index contributed by atoms with van der Waals surface area (Å²) in [6.07, 6.45) is 0. The van der Waals surface area contributed by atoms with Crippen molar-refractivity contribution in [3.63, 3.8) is 0 Å². The van der Waals surface area contributed by atoms with Gasteiger partial charge in [-0.1, -0.05) is 48.5 Å². The SMILES string of the molecule is Cc1ccccc1S(=O)(=O)OCC(C)(O)C(=O)c1ccccc1. The largest absolute Gasteiger partial charge is 0.379 e. The highest BCUT2D eigenvalue weighted by Gasteiger charge is 2.34. The number of carbonyl (C=O) groups excluding carboxylic acids is 1. The summed E-state index contributed by atoms with van der Waals surface area (Å²) < 4.78 is 29.3. The van der Waals surface area contributed by atoms with Crippen LogP contribution in [0.2, 0.25) is 0 Å². The Labute approximate surface area is 135 Å². The molecule has 0 amide bonds. The summed E-state index contributed by atoms with van der Waals surface area (Å²) in [7, 11) is -4.05. The summed E-state index contributed by atoms with van der Waals surface area (Å²) in [4.78, 5) is 12.3. The van der Waals surface area contributed by atoms with Gasteiger partial charge in [0.05, 0.1) is 4.90 Å². The maximum atomic E-state index is 12.3. The molecule has 5 nitrogen and oxygen atoms in total. The fourth-order valence-electron chi connectivity index (χ4n) is 2.06. The fourth-order valence-corrected chi connectivity index (χ4v) is 3.28. The van der Waals surface area contributed by atoms with Crippen LogP contribution in [-0.2, 0) is 14.3 Å². The monoisotopic (exact) mass is 334 g/mol. The lowest BCUT2D eigenvalue weighted by molar-refractivity contribution is 0.0175. The lowest BCUT2D eigenvalue weighted by Crippen LogP contribution is -2.40. The first-order valence-corrected chi connectivity index (χ1v) is 8.42. The summed E-state index contributed by atoms with van der Waals surface area (Å²) in [6, 6.07) is 14.5. The number of carbonyl (C=O) groups is 1. The Morgan fingerprint density at radius 2 is 1.65 bits per heavy atom. The number of hydrogen-bond donors (Lipinski definition) is 1. The van der Waals surface area contributed by atoms with Gasteiger partial charge in [-0.3, -0.25) is 8.98 Å². The Bertz CT molecular complexity index is 795. The highest BCUT2D eigenvalue weighted by atomic mass is 32.2. The average molecular weight is 334 g/mol. The van der Waals surface area contributed by atoms with E-state index in [-0.39, 0.29) is 10.5 Å². The van der Waals surface area contributed by atoms with E-state index >= 15 is 0 Å². The molecule has 0 aliphatic heterocycles. The molecule has 6 heteroatoms. The van der Waals surface area contributed by atoms with Gasteiger partial charge in [0.1, 0.15) is 12.2 Å². The van der Waals surface area contributed by atoms with E-state index < -0.39 is 28.1 Å². The summed E-state index contributed by atoms with van der Waals surface area (Å²) >= 11 is 0. The molecule has 1 atom stereocenters. The van der Waals surface area contributed by atoms with Gasteiger partial charge >= 0.3 is 0 Å². The number of hydrogen-bond acceptors (Lipinski definition) is 5. The minimum Gasteiger partial charge on any atom is -0.379 e. The minimum atomic E-state index is -4.05. The van der Waals surface area contributed by atoms with E-state index in [4.69, 9.17) is 4.18 Å². The van der Waals surface area contributed by atoms with Gasteiger partial charge in [0.25, 0.3) is 10.1 Å². The van der Waals surface area contributed by atoms with Crippen molar-refractivity contribution >= 4 is 15.9 Å². The number of Topliss-reactive ketones (excluding diaryl/α,β-unsaturated/α-hetero) is 1. The van der Waals surface area contributed by atoms with Crippen molar-refractivity contribution in [2.24, 2.45) is 0 Å². The van der Waals surface area contributed by atoms with Crippen LogP contribution in [0.25, 0.3) is 0 Å².